The average Bonchev–Trinajstić information content (AvgIpc) is 2.16. The quantitative estimate of drug-likeness (QED) is 0.729. The van der Waals surface area contributed by atoms with E-state index in [9.17, 15) is 0 Å². The topological polar surface area (TPSA) is 9.23 Å². The van der Waals surface area contributed by atoms with Crippen molar-refractivity contribution in [2.45, 2.75) is 6.92 Å². The highest BCUT2D eigenvalue weighted by Gasteiger charge is 2.08. The van der Waals surface area contributed by atoms with Crippen molar-refractivity contribution in [1.82, 2.24) is 0 Å². The van der Waals surface area contributed by atoms with E-state index in [4.69, 9.17) is 39.5 Å². The molecule has 0 aromatic heterocycles. The van der Waals surface area contributed by atoms with Crippen LogP contribution >= 0.6 is 34.8 Å². The lowest BCUT2D eigenvalue weighted by Crippen LogP contribution is -2.10. The molecule has 0 saturated carbocycles. The molecule has 1 rings (SSSR count). The van der Waals surface area contributed by atoms with Gasteiger partial charge >= 0.3 is 0 Å². The van der Waals surface area contributed by atoms with Crippen LogP contribution in [0.4, 0.5) is 0 Å². The zero-order chi connectivity index (χ0) is 10.6. The third-order valence-electron chi connectivity index (χ3n) is 1.69. The van der Waals surface area contributed by atoms with Crippen LogP contribution < -0.4 is 4.74 Å². The molecule has 0 aliphatic carbocycles. The number of halogens is 3. The maximum absolute atomic E-state index is 5.91. The highest BCUT2D eigenvalue weighted by atomic mass is 35.5. The number of hydrogen-bond donors (Lipinski definition) is 0. The Bertz CT molecular complexity index is 281. The van der Waals surface area contributed by atoms with Gasteiger partial charge in [-0.3, -0.25) is 0 Å². The minimum atomic E-state index is 0.281. The Kier molecular flexibility index (Phi) is 4.86. The summed E-state index contributed by atoms with van der Waals surface area (Å²) in [5.74, 6) is 1.37. The van der Waals surface area contributed by atoms with Crippen LogP contribution in [0.1, 0.15) is 6.92 Å². The van der Waals surface area contributed by atoms with Crippen molar-refractivity contribution in [2.24, 2.45) is 5.92 Å². The first-order valence-corrected chi connectivity index (χ1v) is 5.57. The van der Waals surface area contributed by atoms with E-state index in [0.717, 1.165) is 0 Å². The van der Waals surface area contributed by atoms with Crippen LogP contribution in [-0.4, -0.2) is 12.5 Å². The zero-order valence-corrected chi connectivity index (χ0v) is 10.0. The van der Waals surface area contributed by atoms with Crippen LogP contribution in [0.25, 0.3) is 0 Å². The van der Waals surface area contributed by atoms with Crippen molar-refractivity contribution in [3.05, 3.63) is 28.2 Å². The summed E-state index contributed by atoms with van der Waals surface area (Å²) in [6.07, 6.45) is 0. The minimum Gasteiger partial charge on any atom is -0.490 e. The number of alkyl halides is 1. The van der Waals surface area contributed by atoms with E-state index in [0.29, 0.717) is 28.3 Å². The lowest BCUT2D eigenvalue weighted by atomic mass is 10.2. The maximum Gasteiger partial charge on any atom is 0.156 e. The molecule has 1 nitrogen and oxygen atoms in total. The Hall–Kier alpha value is -0.110. The second-order valence-electron chi connectivity index (χ2n) is 3.12. The Morgan fingerprint density at radius 3 is 2.36 bits per heavy atom. The Morgan fingerprint density at radius 2 is 1.86 bits per heavy atom. The number of hydrogen-bond acceptors (Lipinski definition) is 1. The summed E-state index contributed by atoms with van der Waals surface area (Å²) in [5.41, 5.74) is 0. The van der Waals surface area contributed by atoms with Crippen LogP contribution in [0, 0.1) is 5.92 Å². The first kappa shape index (κ1) is 12.0. The van der Waals surface area contributed by atoms with Crippen LogP contribution in [0.3, 0.4) is 0 Å². The molecule has 1 unspecified atom stereocenters. The van der Waals surface area contributed by atoms with Crippen molar-refractivity contribution in [2.75, 3.05) is 12.5 Å². The molecule has 4 heteroatoms. The second-order valence-corrected chi connectivity index (χ2v) is 4.24. The summed E-state index contributed by atoms with van der Waals surface area (Å²) in [5, 5.41) is 1.05. The van der Waals surface area contributed by atoms with Crippen molar-refractivity contribution in [3.8, 4) is 5.75 Å². The van der Waals surface area contributed by atoms with Gasteiger partial charge in [0.25, 0.3) is 0 Å². The van der Waals surface area contributed by atoms with Crippen LogP contribution in [0.2, 0.25) is 10.0 Å². The van der Waals surface area contributed by atoms with E-state index in [1.54, 1.807) is 18.2 Å². The molecule has 0 aliphatic rings. The first-order chi connectivity index (χ1) is 6.65. The molecule has 0 amide bonds. The molecule has 0 saturated heterocycles. The maximum atomic E-state index is 5.91. The van der Waals surface area contributed by atoms with E-state index >= 15 is 0 Å². The fourth-order valence-electron chi connectivity index (χ4n) is 0.891. The summed E-state index contributed by atoms with van der Waals surface area (Å²) < 4.78 is 5.47. The van der Waals surface area contributed by atoms with Crippen molar-refractivity contribution >= 4 is 34.8 Å². The fourth-order valence-corrected chi connectivity index (χ4v) is 1.49. The van der Waals surface area contributed by atoms with Gasteiger partial charge in [0.1, 0.15) is 0 Å². The molecule has 0 aliphatic heterocycles. The number of benzene rings is 1. The van der Waals surface area contributed by atoms with Gasteiger partial charge in [-0.25, -0.2) is 0 Å². The van der Waals surface area contributed by atoms with E-state index in [1.165, 1.54) is 0 Å². The van der Waals surface area contributed by atoms with Crippen LogP contribution in [-0.2, 0) is 0 Å². The molecule has 0 fully saturated rings. The molecule has 1 atom stereocenters. The number of ether oxygens (including phenoxy) is 1. The van der Waals surface area contributed by atoms with Gasteiger partial charge in [0, 0.05) is 11.8 Å². The summed E-state index contributed by atoms with van der Waals surface area (Å²) in [7, 11) is 0. The molecule has 0 spiro atoms. The summed E-state index contributed by atoms with van der Waals surface area (Å²) in [4.78, 5) is 0. The lowest BCUT2D eigenvalue weighted by molar-refractivity contribution is 0.273. The van der Waals surface area contributed by atoms with Gasteiger partial charge < -0.3 is 4.74 Å². The van der Waals surface area contributed by atoms with Gasteiger partial charge in [-0.1, -0.05) is 36.2 Å². The molecule has 0 radical (unpaired) electrons. The fraction of sp³-hybridized carbons (Fsp3) is 0.400. The van der Waals surface area contributed by atoms with Gasteiger partial charge in [-0.15, -0.1) is 11.6 Å². The van der Waals surface area contributed by atoms with E-state index < -0.39 is 0 Å². The van der Waals surface area contributed by atoms with E-state index in [-0.39, 0.29) is 5.92 Å². The van der Waals surface area contributed by atoms with Gasteiger partial charge in [0.2, 0.25) is 0 Å². The molecule has 0 N–H and O–H groups in total. The first-order valence-electron chi connectivity index (χ1n) is 4.28. The molecule has 14 heavy (non-hydrogen) atoms. The lowest BCUT2D eigenvalue weighted by Gasteiger charge is -2.12. The number of para-hydroxylation sites is 1. The van der Waals surface area contributed by atoms with E-state index in [1.807, 2.05) is 6.92 Å². The standard InChI is InChI=1S/C10H11Cl3O/c1-7(5-11)6-14-10-8(12)3-2-4-9(10)13/h2-4,7H,5-6H2,1H3. The van der Waals surface area contributed by atoms with Gasteiger partial charge in [0.15, 0.2) is 5.75 Å². The van der Waals surface area contributed by atoms with E-state index in [2.05, 4.69) is 0 Å². The molecule has 0 heterocycles. The summed E-state index contributed by atoms with van der Waals surface area (Å²) in [6.45, 7) is 2.52. The molecular weight excluding hydrogens is 242 g/mol. The Balaban J connectivity index is 2.66. The van der Waals surface area contributed by atoms with Gasteiger partial charge in [-0.2, -0.15) is 0 Å². The van der Waals surface area contributed by atoms with Crippen molar-refractivity contribution in [1.29, 1.82) is 0 Å². The summed E-state index contributed by atoms with van der Waals surface area (Å²) in [6, 6.07) is 5.27. The third-order valence-corrected chi connectivity index (χ3v) is 2.82. The minimum absolute atomic E-state index is 0.281. The van der Waals surface area contributed by atoms with Crippen molar-refractivity contribution in [3.63, 3.8) is 0 Å². The predicted octanol–water partition coefficient (Wildman–Crippen LogP) is 4.25. The molecule has 78 valence electrons. The van der Waals surface area contributed by atoms with Crippen LogP contribution in [0.15, 0.2) is 18.2 Å². The zero-order valence-electron chi connectivity index (χ0n) is 7.77. The highest BCUT2D eigenvalue weighted by molar-refractivity contribution is 6.37. The predicted molar refractivity (Wildman–Crippen MR) is 61.8 cm³/mol. The molecule has 1 aromatic rings. The third kappa shape index (κ3) is 3.23. The summed E-state index contributed by atoms with van der Waals surface area (Å²) >= 11 is 17.5. The average molecular weight is 254 g/mol. The monoisotopic (exact) mass is 252 g/mol. The number of rotatable bonds is 4. The Morgan fingerprint density at radius 1 is 1.29 bits per heavy atom. The molecule has 0 bridgehead atoms. The smallest absolute Gasteiger partial charge is 0.156 e. The SMILES string of the molecule is CC(CCl)COc1c(Cl)cccc1Cl. The normalized spacial score (nSPS) is 12.6. The van der Waals surface area contributed by atoms with Crippen LogP contribution in [0.5, 0.6) is 5.75 Å². The van der Waals surface area contributed by atoms with Gasteiger partial charge in [-0.05, 0) is 12.1 Å². The highest BCUT2D eigenvalue weighted by Crippen LogP contribution is 2.32. The Labute approximate surface area is 98.9 Å². The second kappa shape index (κ2) is 5.69. The van der Waals surface area contributed by atoms with Gasteiger partial charge in [0.05, 0.1) is 16.7 Å². The molecule has 1 aromatic carbocycles. The molecular formula is C10H11Cl3O. The largest absolute Gasteiger partial charge is 0.490 e. The van der Waals surface area contributed by atoms with Crippen molar-refractivity contribution < 1.29 is 4.74 Å².